The van der Waals surface area contributed by atoms with Crippen LogP contribution in [0.4, 0.5) is 5.95 Å². The molecule has 0 saturated carbocycles. The second-order valence-electron chi connectivity index (χ2n) is 8.37. The van der Waals surface area contributed by atoms with Gasteiger partial charge in [0.15, 0.2) is 11.5 Å². The minimum absolute atomic E-state index is 0.221. The molecule has 194 valence electrons. The van der Waals surface area contributed by atoms with Gasteiger partial charge >= 0.3 is 5.97 Å². The van der Waals surface area contributed by atoms with E-state index in [4.69, 9.17) is 37.4 Å². The van der Waals surface area contributed by atoms with E-state index < -0.39 is 12.0 Å². The number of ether oxygens (including phenoxy) is 3. The maximum absolute atomic E-state index is 13.4. The predicted octanol–water partition coefficient (Wildman–Crippen LogP) is 6.16. The topological polar surface area (TPSA) is 87.5 Å². The second-order valence-corrected chi connectivity index (χ2v) is 9.21. The quantitative estimate of drug-likeness (QED) is 0.263. The molecule has 0 aliphatic carbocycles. The lowest BCUT2D eigenvalue weighted by atomic mass is 9.92. The SMILES string of the molecule is CCOC(=O)C1=C(c2ccccc2)Nc2ncnn2[C@@H]1c1ccc(OCc2ccc(Cl)cc2Cl)c(OC)c1. The van der Waals surface area contributed by atoms with Gasteiger partial charge in [-0.2, -0.15) is 10.1 Å². The van der Waals surface area contributed by atoms with Crippen molar-refractivity contribution in [2.45, 2.75) is 19.6 Å². The van der Waals surface area contributed by atoms with Gasteiger partial charge in [0.05, 0.1) is 25.0 Å². The number of benzene rings is 3. The van der Waals surface area contributed by atoms with Crippen LogP contribution in [0.2, 0.25) is 10.0 Å². The highest BCUT2D eigenvalue weighted by molar-refractivity contribution is 6.35. The lowest BCUT2D eigenvalue weighted by Gasteiger charge is -2.30. The van der Waals surface area contributed by atoms with E-state index in [9.17, 15) is 4.79 Å². The van der Waals surface area contributed by atoms with Gasteiger partial charge in [-0.3, -0.25) is 0 Å². The van der Waals surface area contributed by atoms with Crippen LogP contribution in [0.3, 0.4) is 0 Å². The molecule has 38 heavy (non-hydrogen) atoms. The summed E-state index contributed by atoms with van der Waals surface area (Å²) < 4.78 is 18.8. The number of anilines is 1. The highest BCUT2D eigenvalue weighted by Crippen LogP contribution is 2.41. The number of hydrogen-bond acceptors (Lipinski definition) is 7. The molecule has 10 heteroatoms. The van der Waals surface area contributed by atoms with Gasteiger partial charge in [-0.25, -0.2) is 9.48 Å². The fourth-order valence-corrected chi connectivity index (χ4v) is 4.76. The fourth-order valence-electron chi connectivity index (χ4n) is 4.30. The molecule has 1 aromatic heterocycles. The van der Waals surface area contributed by atoms with Gasteiger partial charge in [0, 0.05) is 15.6 Å². The van der Waals surface area contributed by atoms with E-state index in [2.05, 4.69) is 15.4 Å². The van der Waals surface area contributed by atoms with Crippen molar-refractivity contribution >= 4 is 40.8 Å². The monoisotopic (exact) mass is 550 g/mol. The van der Waals surface area contributed by atoms with Crippen LogP contribution in [0, 0.1) is 0 Å². The maximum Gasteiger partial charge on any atom is 0.338 e. The van der Waals surface area contributed by atoms with Gasteiger partial charge in [0.1, 0.15) is 19.0 Å². The van der Waals surface area contributed by atoms with Crippen molar-refractivity contribution < 1.29 is 19.0 Å². The zero-order valence-electron chi connectivity index (χ0n) is 20.7. The lowest BCUT2D eigenvalue weighted by Crippen LogP contribution is -2.30. The molecular formula is C28H24Cl2N4O4. The summed E-state index contributed by atoms with van der Waals surface area (Å²) >= 11 is 12.3. The predicted molar refractivity (Wildman–Crippen MR) is 146 cm³/mol. The highest BCUT2D eigenvalue weighted by atomic mass is 35.5. The Labute approximate surface area is 229 Å². The molecule has 5 rings (SSSR count). The lowest BCUT2D eigenvalue weighted by molar-refractivity contribution is -0.138. The normalized spacial score (nSPS) is 14.5. The van der Waals surface area contributed by atoms with E-state index in [1.165, 1.54) is 6.33 Å². The number of methoxy groups -OCH3 is 1. The van der Waals surface area contributed by atoms with E-state index in [0.717, 1.165) is 16.7 Å². The van der Waals surface area contributed by atoms with Crippen molar-refractivity contribution in [1.29, 1.82) is 0 Å². The van der Waals surface area contributed by atoms with Crippen molar-refractivity contribution in [3.05, 3.63) is 105 Å². The first-order valence-electron chi connectivity index (χ1n) is 11.9. The smallest absolute Gasteiger partial charge is 0.338 e. The Hall–Kier alpha value is -4.01. The number of carbonyl (C=O) groups is 1. The van der Waals surface area contributed by atoms with Crippen LogP contribution in [0.25, 0.3) is 5.70 Å². The van der Waals surface area contributed by atoms with Crippen LogP contribution in [0.5, 0.6) is 11.5 Å². The number of hydrogen-bond donors (Lipinski definition) is 1. The second kappa shape index (κ2) is 11.2. The van der Waals surface area contributed by atoms with Crippen LogP contribution < -0.4 is 14.8 Å². The summed E-state index contributed by atoms with van der Waals surface area (Å²) in [6.45, 7) is 2.22. The first-order chi connectivity index (χ1) is 18.5. The molecule has 0 saturated heterocycles. The zero-order chi connectivity index (χ0) is 26.6. The van der Waals surface area contributed by atoms with Crippen LogP contribution in [-0.4, -0.2) is 34.5 Å². The number of rotatable bonds is 8. The first-order valence-corrected chi connectivity index (χ1v) is 12.6. The molecule has 4 aromatic rings. The minimum Gasteiger partial charge on any atom is -0.493 e. The third-order valence-electron chi connectivity index (χ3n) is 6.06. The Kier molecular flexibility index (Phi) is 7.53. The molecule has 0 amide bonds. The molecule has 2 heterocycles. The number of halogens is 2. The molecule has 1 aliphatic rings. The summed E-state index contributed by atoms with van der Waals surface area (Å²) in [6.07, 6.45) is 1.44. The van der Waals surface area contributed by atoms with Gasteiger partial charge < -0.3 is 19.5 Å². The van der Waals surface area contributed by atoms with Crippen LogP contribution in [0.1, 0.15) is 29.7 Å². The number of fused-ring (bicyclic) bond motifs is 1. The molecule has 0 fully saturated rings. The van der Waals surface area contributed by atoms with Crippen molar-refractivity contribution in [2.24, 2.45) is 0 Å². The number of nitrogens with zero attached hydrogens (tertiary/aromatic N) is 3. The molecule has 0 bridgehead atoms. The molecule has 1 atom stereocenters. The summed E-state index contributed by atoms with van der Waals surface area (Å²) in [5, 5.41) is 8.73. The molecule has 1 N–H and O–H groups in total. The zero-order valence-corrected chi connectivity index (χ0v) is 22.2. The summed E-state index contributed by atoms with van der Waals surface area (Å²) in [7, 11) is 1.56. The number of aromatic nitrogens is 3. The molecule has 0 radical (unpaired) electrons. The fraction of sp³-hybridized carbons (Fsp3) is 0.179. The van der Waals surface area contributed by atoms with Gasteiger partial charge in [-0.05, 0) is 42.3 Å². The molecular weight excluding hydrogens is 527 g/mol. The maximum atomic E-state index is 13.4. The van der Waals surface area contributed by atoms with Crippen molar-refractivity contribution in [3.63, 3.8) is 0 Å². The van der Waals surface area contributed by atoms with Crippen molar-refractivity contribution in [2.75, 3.05) is 19.0 Å². The van der Waals surface area contributed by atoms with Crippen molar-refractivity contribution in [1.82, 2.24) is 14.8 Å². The Balaban J connectivity index is 1.56. The average Bonchev–Trinajstić information content (AvgIpc) is 3.40. The van der Waals surface area contributed by atoms with Crippen molar-refractivity contribution in [3.8, 4) is 11.5 Å². The van der Waals surface area contributed by atoms with Crippen LogP contribution >= 0.6 is 23.2 Å². The van der Waals surface area contributed by atoms with Gasteiger partial charge in [-0.1, -0.05) is 65.7 Å². The Bertz CT molecular complexity index is 1500. The summed E-state index contributed by atoms with van der Waals surface area (Å²) in [5.41, 5.74) is 3.35. The molecule has 8 nitrogen and oxygen atoms in total. The van der Waals surface area contributed by atoms with E-state index in [0.29, 0.717) is 38.8 Å². The van der Waals surface area contributed by atoms with E-state index in [1.54, 1.807) is 36.9 Å². The number of carbonyl (C=O) groups excluding carboxylic acids is 1. The molecule has 3 aromatic carbocycles. The first kappa shape index (κ1) is 25.6. The van der Waals surface area contributed by atoms with Gasteiger partial charge in [0.25, 0.3) is 0 Å². The van der Waals surface area contributed by atoms with E-state index in [1.807, 2.05) is 48.5 Å². The summed E-state index contributed by atoms with van der Waals surface area (Å²) in [4.78, 5) is 17.7. The Morgan fingerprint density at radius 3 is 2.61 bits per heavy atom. The third kappa shape index (κ3) is 5.05. The van der Waals surface area contributed by atoms with E-state index >= 15 is 0 Å². The average molecular weight is 551 g/mol. The van der Waals surface area contributed by atoms with Crippen LogP contribution in [0.15, 0.2) is 78.6 Å². The standard InChI is InChI=1S/C28H24Cl2N4O4/c1-3-37-27(35)24-25(17-7-5-4-6-8-17)33-28-31-16-32-34(28)26(24)18-10-12-22(23(13-18)36-2)38-15-19-9-11-20(29)14-21(19)30/h4-14,16,26H,3,15H2,1-2H3,(H,31,32,33)/t26-/m1/s1. The van der Waals surface area contributed by atoms with Gasteiger partial charge in [-0.15, -0.1) is 0 Å². The third-order valence-corrected chi connectivity index (χ3v) is 6.64. The highest BCUT2D eigenvalue weighted by Gasteiger charge is 2.36. The molecule has 1 aliphatic heterocycles. The molecule has 0 spiro atoms. The number of nitrogens with one attached hydrogen (secondary N) is 1. The summed E-state index contributed by atoms with van der Waals surface area (Å²) in [6, 6.07) is 19.7. The largest absolute Gasteiger partial charge is 0.493 e. The summed E-state index contributed by atoms with van der Waals surface area (Å²) in [5.74, 6) is 1.04. The Morgan fingerprint density at radius 2 is 1.87 bits per heavy atom. The number of esters is 1. The van der Waals surface area contributed by atoms with Crippen LogP contribution in [-0.2, 0) is 16.1 Å². The van der Waals surface area contributed by atoms with E-state index in [-0.39, 0.29) is 13.2 Å². The Morgan fingerprint density at radius 1 is 1.05 bits per heavy atom. The van der Waals surface area contributed by atoms with Gasteiger partial charge in [0.2, 0.25) is 5.95 Å². The molecule has 0 unspecified atom stereocenters. The minimum atomic E-state index is -0.628.